The molecule has 0 saturated carbocycles. The number of rotatable bonds is 3. The summed E-state index contributed by atoms with van der Waals surface area (Å²) >= 11 is 0. The Morgan fingerprint density at radius 3 is 2.69 bits per heavy atom. The van der Waals surface area contributed by atoms with E-state index in [4.69, 9.17) is 16.2 Å². The third-order valence-corrected chi connectivity index (χ3v) is 2.14. The minimum atomic E-state index is 0.276. The van der Waals surface area contributed by atoms with Crippen LogP contribution in [0.1, 0.15) is 18.4 Å². The van der Waals surface area contributed by atoms with E-state index in [1.54, 1.807) is 7.11 Å². The number of nitrogens with two attached hydrogens (primary N) is 2. The lowest BCUT2D eigenvalue weighted by Gasteiger charge is -2.14. The van der Waals surface area contributed by atoms with E-state index in [0.717, 1.165) is 17.0 Å². The number of hydrogen-bond donors (Lipinski definition) is 2. The van der Waals surface area contributed by atoms with Crippen LogP contribution in [0.4, 0.5) is 5.69 Å². The van der Waals surface area contributed by atoms with Crippen LogP contribution in [0, 0.1) is 0 Å². The maximum absolute atomic E-state index is 5.68. The van der Waals surface area contributed by atoms with Crippen LogP contribution in [-0.4, -0.2) is 13.7 Å². The van der Waals surface area contributed by atoms with Crippen molar-refractivity contribution >= 4 is 5.69 Å². The number of ether oxygens (including phenoxy) is 1. The minimum Gasteiger partial charge on any atom is -0.496 e. The van der Waals surface area contributed by atoms with Crippen molar-refractivity contribution in [3.63, 3.8) is 0 Å². The van der Waals surface area contributed by atoms with E-state index in [-0.39, 0.29) is 5.92 Å². The van der Waals surface area contributed by atoms with Crippen LogP contribution in [-0.2, 0) is 0 Å². The van der Waals surface area contributed by atoms with Gasteiger partial charge < -0.3 is 16.2 Å². The molecule has 0 spiro atoms. The fourth-order valence-electron chi connectivity index (χ4n) is 1.26. The van der Waals surface area contributed by atoms with Gasteiger partial charge in [0.25, 0.3) is 0 Å². The molecule has 0 radical (unpaired) electrons. The first-order valence-electron chi connectivity index (χ1n) is 4.32. The summed E-state index contributed by atoms with van der Waals surface area (Å²) in [7, 11) is 1.65. The molecule has 1 rings (SSSR count). The predicted molar refractivity (Wildman–Crippen MR) is 54.9 cm³/mol. The number of methoxy groups -OCH3 is 1. The summed E-state index contributed by atoms with van der Waals surface area (Å²) in [5.74, 6) is 1.13. The molecule has 0 aliphatic heterocycles. The zero-order valence-corrected chi connectivity index (χ0v) is 8.08. The van der Waals surface area contributed by atoms with Crippen molar-refractivity contribution in [2.45, 2.75) is 12.8 Å². The molecule has 1 aromatic carbocycles. The molecule has 0 heterocycles. The second kappa shape index (κ2) is 4.14. The maximum atomic E-state index is 5.68. The first kappa shape index (κ1) is 9.86. The molecule has 3 nitrogen and oxygen atoms in total. The van der Waals surface area contributed by atoms with Gasteiger partial charge >= 0.3 is 0 Å². The van der Waals surface area contributed by atoms with E-state index in [2.05, 4.69) is 6.92 Å². The Morgan fingerprint density at radius 2 is 2.15 bits per heavy atom. The summed E-state index contributed by atoms with van der Waals surface area (Å²) in [6, 6.07) is 5.61. The molecule has 0 saturated heterocycles. The summed E-state index contributed by atoms with van der Waals surface area (Å²) in [5.41, 5.74) is 13.1. The molecule has 1 atom stereocenters. The molecule has 72 valence electrons. The molecule has 1 aromatic rings. The van der Waals surface area contributed by atoms with Gasteiger partial charge in [-0.2, -0.15) is 0 Å². The average Bonchev–Trinajstić information content (AvgIpc) is 2.16. The van der Waals surface area contributed by atoms with Crippen LogP contribution in [0.2, 0.25) is 0 Å². The van der Waals surface area contributed by atoms with Crippen molar-refractivity contribution in [1.29, 1.82) is 0 Å². The van der Waals surface area contributed by atoms with E-state index in [1.807, 2.05) is 18.2 Å². The largest absolute Gasteiger partial charge is 0.496 e. The zero-order chi connectivity index (χ0) is 9.84. The van der Waals surface area contributed by atoms with Crippen molar-refractivity contribution < 1.29 is 4.74 Å². The third-order valence-electron chi connectivity index (χ3n) is 2.14. The number of anilines is 1. The van der Waals surface area contributed by atoms with Gasteiger partial charge in [-0.25, -0.2) is 0 Å². The highest BCUT2D eigenvalue weighted by atomic mass is 16.5. The summed E-state index contributed by atoms with van der Waals surface area (Å²) in [4.78, 5) is 0. The average molecular weight is 180 g/mol. The summed E-state index contributed by atoms with van der Waals surface area (Å²) in [5, 5.41) is 0. The van der Waals surface area contributed by atoms with Gasteiger partial charge in [-0.15, -0.1) is 0 Å². The SMILES string of the molecule is COc1ccc(N)cc1C(C)CN. The van der Waals surface area contributed by atoms with Gasteiger partial charge in [0.15, 0.2) is 0 Å². The molecule has 0 aliphatic carbocycles. The smallest absolute Gasteiger partial charge is 0.122 e. The molecule has 0 aliphatic rings. The van der Waals surface area contributed by atoms with Crippen molar-refractivity contribution in [3.8, 4) is 5.75 Å². The lowest BCUT2D eigenvalue weighted by atomic mass is 10.00. The molecular weight excluding hydrogens is 164 g/mol. The molecule has 4 N–H and O–H groups in total. The first-order chi connectivity index (χ1) is 6.19. The van der Waals surface area contributed by atoms with Crippen molar-refractivity contribution in [1.82, 2.24) is 0 Å². The Bertz CT molecular complexity index is 286. The highest BCUT2D eigenvalue weighted by Crippen LogP contribution is 2.27. The van der Waals surface area contributed by atoms with E-state index < -0.39 is 0 Å². The fourth-order valence-corrected chi connectivity index (χ4v) is 1.26. The summed E-state index contributed by atoms with van der Waals surface area (Å²) in [6.45, 7) is 2.65. The van der Waals surface area contributed by atoms with Gasteiger partial charge in [-0.05, 0) is 30.7 Å². The van der Waals surface area contributed by atoms with E-state index in [1.165, 1.54) is 0 Å². The normalized spacial score (nSPS) is 12.5. The van der Waals surface area contributed by atoms with Crippen LogP contribution < -0.4 is 16.2 Å². The van der Waals surface area contributed by atoms with Crippen LogP contribution >= 0.6 is 0 Å². The highest BCUT2D eigenvalue weighted by molar-refractivity contribution is 5.49. The van der Waals surface area contributed by atoms with Crippen molar-refractivity contribution in [3.05, 3.63) is 23.8 Å². The van der Waals surface area contributed by atoms with Crippen LogP contribution in [0.3, 0.4) is 0 Å². The Kier molecular flexibility index (Phi) is 3.14. The van der Waals surface area contributed by atoms with Gasteiger partial charge in [0.05, 0.1) is 7.11 Å². The molecular formula is C10H16N2O. The lowest BCUT2D eigenvalue weighted by molar-refractivity contribution is 0.407. The van der Waals surface area contributed by atoms with Gasteiger partial charge in [-0.1, -0.05) is 6.92 Å². The standard InChI is InChI=1S/C10H16N2O/c1-7(6-11)9-5-8(12)3-4-10(9)13-2/h3-5,7H,6,11-12H2,1-2H3. The van der Waals surface area contributed by atoms with Gasteiger partial charge in [-0.3, -0.25) is 0 Å². The Balaban J connectivity index is 3.07. The van der Waals surface area contributed by atoms with Crippen LogP contribution in [0.15, 0.2) is 18.2 Å². The maximum Gasteiger partial charge on any atom is 0.122 e. The van der Waals surface area contributed by atoms with Crippen LogP contribution in [0.5, 0.6) is 5.75 Å². The Hall–Kier alpha value is -1.22. The summed E-state index contributed by atoms with van der Waals surface area (Å²) < 4.78 is 5.21. The molecule has 13 heavy (non-hydrogen) atoms. The number of hydrogen-bond acceptors (Lipinski definition) is 3. The number of nitrogen functional groups attached to an aromatic ring is 1. The number of benzene rings is 1. The van der Waals surface area contributed by atoms with Gasteiger partial charge in [0.1, 0.15) is 5.75 Å². The third kappa shape index (κ3) is 2.12. The molecule has 0 fully saturated rings. The molecule has 0 bridgehead atoms. The topological polar surface area (TPSA) is 61.3 Å². The monoisotopic (exact) mass is 180 g/mol. The van der Waals surface area contributed by atoms with Crippen molar-refractivity contribution in [2.75, 3.05) is 19.4 Å². The quantitative estimate of drug-likeness (QED) is 0.690. The Labute approximate surface area is 78.7 Å². The van der Waals surface area contributed by atoms with Crippen molar-refractivity contribution in [2.24, 2.45) is 5.73 Å². The molecule has 1 unspecified atom stereocenters. The van der Waals surface area contributed by atoms with Gasteiger partial charge in [0, 0.05) is 11.3 Å². The summed E-state index contributed by atoms with van der Waals surface area (Å²) in [6.07, 6.45) is 0. The van der Waals surface area contributed by atoms with E-state index >= 15 is 0 Å². The fraction of sp³-hybridized carbons (Fsp3) is 0.400. The zero-order valence-electron chi connectivity index (χ0n) is 8.08. The van der Waals surface area contributed by atoms with E-state index in [0.29, 0.717) is 6.54 Å². The second-order valence-corrected chi connectivity index (χ2v) is 3.14. The van der Waals surface area contributed by atoms with E-state index in [9.17, 15) is 0 Å². The second-order valence-electron chi connectivity index (χ2n) is 3.14. The first-order valence-corrected chi connectivity index (χ1v) is 4.32. The van der Waals surface area contributed by atoms with Crippen LogP contribution in [0.25, 0.3) is 0 Å². The Morgan fingerprint density at radius 1 is 1.46 bits per heavy atom. The minimum absolute atomic E-state index is 0.276. The predicted octanol–water partition coefficient (Wildman–Crippen LogP) is 1.34. The molecule has 3 heteroatoms. The molecule has 0 aromatic heterocycles. The highest BCUT2D eigenvalue weighted by Gasteiger charge is 2.09. The molecule has 0 amide bonds. The lowest BCUT2D eigenvalue weighted by Crippen LogP contribution is -2.10. The van der Waals surface area contributed by atoms with Gasteiger partial charge in [0.2, 0.25) is 0 Å².